The van der Waals surface area contributed by atoms with Crippen molar-refractivity contribution in [1.82, 2.24) is 4.90 Å². The van der Waals surface area contributed by atoms with Crippen LogP contribution in [0.5, 0.6) is 0 Å². The lowest BCUT2D eigenvalue weighted by molar-refractivity contribution is -0.400. The van der Waals surface area contributed by atoms with Crippen molar-refractivity contribution in [3.8, 4) is 0 Å². The average molecular weight is 1520 g/mol. The van der Waals surface area contributed by atoms with Crippen molar-refractivity contribution >= 4 is 14.6 Å². The van der Waals surface area contributed by atoms with Crippen molar-refractivity contribution < 1.29 is 90.2 Å². The molecular formula is C89H104NO19P. The standard InChI is InChI=1S/C83H89O19P.C6H15N/c1-59(84)96-78-75(93-53-66-41-23-8-24-42-66)72(90-50-63-35-17-5-18-36-63)69(56-87-47-60-29-11-2-12-30-60)97-81(78)100-79-76(94-54-67-43-25-9-26-44-67)73(91-51-64-37-19-6-20-38-64)70(57-88-48-61-31-13-3-14-32-61)98-82(79)101-80-77(95-55-68-45-27-10-28-46-68)74(92-52-65-39-21-7-22-40-65)71(99-83(80)102-103(85)86)58-89-49-62-33-15-4-16-34-62;1-4-7(5-2)6-3/h2-46,69-83,85-86H,47-58H2,1H3;4-6H2,1-3H3/t69-,70-,71-,72-,73-,74-,75+,76+,77+,78+,79+,80+,81+,82+,83-;/m1./s1. The summed E-state index contributed by atoms with van der Waals surface area (Å²) in [6.07, 6.45) is -18.8. The first-order valence-electron chi connectivity index (χ1n) is 37.9. The summed E-state index contributed by atoms with van der Waals surface area (Å²) < 4.78 is 112. The third-order valence-electron chi connectivity index (χ3n) is 19.1. The lowest BCUT2D eigenvalue weighted by Crippen LogP contribution is -2.68. The topological polar surface area (TPSA) is 208 Å². The lowest BCUT2D eigenvalue weighted by atomic mass is 9.95. The van der Waals surface area contributed by atoms with E-state index in [0.717, 1.165) is 50.1 Å². The summed E-state index contributed by atoms with van der Waals surface area (Å²) >= 11 is 0. The third-order valence-corrected chi connectivity index (χ3v) is 19.5. The average Bonchev–Trinajstić information content (AvgIpc) is 0.760. The molecule has 3 heterocycles. The summed E-state index contributed by atoms with van der Waals surface area (Å²) in [5.74, 6) is -0.675. The molecule has 3 saturated heterocycles. The summed E-state index contributed by atoms with van der Waals surface area (Å²) in [7, 11) is -3.18. The zero-order valence-corrected chi connectivity index (χ0v) is 63.9. The fourth-order valence-electron chi connectivity index (χ4n) is 13.4. The molecule has 0 aliphatic carbocycles. The Kier molecular flexibility index (Phi) is 34.5. The van der Waals surface area contributed by atoms with Gasteiger partial charge in [0.1, 0.15) is 67.1 Å². The Labute approximate surface area is 648 Å². The molecule has 21 heteroatoms. The molecular weight excluding hydrogens is 1420 g/mol. The number of hydrogen-bond donors (Lipinski definition) is 2. The molecule has 0 amide bonds. The molecule has 3 aliphatic heterocycles. The maximum atomic E-state index is 14.0. The van der Waals surface area contributed by atoms with Gasteiger partial charge in [-0.05, 0) is 69.7 Å². The fourth-order valence-corrected chi connectivity index (χ4v) is 13.8. The van der Waals surface area contributed by atoms with Crippen LogP contribution >= 0.6 is 8.60 Å². The molecule has 0 aromatic heterocycles. The minimum absolute atomic E-state index is 0.00834. The first-order chi connectivity index (χ1) is 54.1. The van der Waals surface area contributed by atoms with Crippen LogP contribution in [0.3, 0.4) is 0 Å². The molecule has 584 valence electrons. The minimum Gasteiger partial charge on any atom is -0.454 e. The highest BCUT2D eigenvalue weighted by atomic mass is 31.2. The van der Waals surface area contributed by atoms with Crippen LogP contribution in [0.1, 0.15) is 77.8 Å². The van der Waals surface area contributed by atoms with Gasteiger partial charge in [0.15, 0.2) is 25.0 Å². The quantitative estimate of drug-likeness (QED) is 0.0270. The Morgan fingerprint density at radius 1 is 0.309 bits per heavy atom. The summed E-state index contributed by atoms with van der Waals surface area (Å²) in [6.45, 7) is 12.2. The predicted molar refractivity (Wildman–Crippen MR) is 416 cm³/mol. The van der Waals surface area contributed by atoms with Crippen LogP contribution in [-0.2, 0) is 140 Å². The van der Waals surface area contributed by atoms with Crippen molar-refractivity contribution in [2.75, 3.05) is 39.5 Å². The van der Waals surface area contributed by atoms with Crippen LogP contribution in [0.4, 0.5) is 0 Å². The number of carbonyl (C=O) groups is 1. The molecule has 0 bridgehead atoms. The van der Waals surface area contributed by atoms with Crippen LogP contribution in [-0.4, -0.2) is 152 Å². The van der Waals surface area contributed by atoms with Gasteiger partial charge in [0.05, 0.1) is 79.3 Å². The van der Waals surface area contributed by atoms with E-state index < -0.39 is 107 Å². The molecule has 0 radical (unpaired) electrons. The molecule has 15 atom stereocenters. The molecule has 2 N–H and O–H groups in total. The Hall–Kier alpha value is -7.84. The molecule has 3 fully saturated rings. The van der Waals surface area contributed by atoms with Gasteiger partial charge >= 0.3 is 14.6 Å². The van der Waals surface area contributed by atoms with E-state index in [0.29, 0.717) is 0 Å². The van der Waals surface area contributed by atoms with Gasteiger partial charge in [-0.3, -0.25) is 9.32 Å². The fraction of sp³-hybridized carbons (Fsp3) is 0.382. The van der Waals surface area contributed by atoms with Crippen LogP contribution < -0.4 is 0 Å². The van der Waals surface area contributed by atoms with Crippen molar-refractivity contribution in [3.05, 3.63) is 323 Å². The van der Waals surface area contributed by atoms with Crippen LogP contribution in [0.25, 0.3) is 0 Å². The highest BCUT2D eigenvalue weighted by molar-refractivity contribution is 7.39. The van der Waals surface area contributed by atoms with Crippen LogP contribution in [0.15, 0.2) is 273 Å². The number of rotatable bonds is 40. The summed E-state index contributed by atoms with van der Waals surface area (Å²) in [6, 6.07) is 87.2. The van der Waals surface area contributed by atoms with Gasteiger partial charge in [-0.15, -0.1) is 0 Å². The Morgan fingerprint density at radius 2 is 0.527 bits per heavy atom. The first kappa shape index (κ1) is 83.1. The van der Waals surface area contributed by atoms with E-state index in [1.165, 1.54) is 26.6 Å². The van der Waals surface area contributed by atoms with E-state index in [9.17, 15) is 14.6 Å². The zero-order valence-electron chi connectivity index (χ0n) is 63.0. The predicted octanol–water partition coefficient (Wildman–Crippen LogP) is 14.6. The molecule has 3 aliphatic rings. The molecule has 0 spiro atoms. The highest BCUT2D eigenvalue weighted by Crippen LogP contribution is 2.42. The SMILES string of the molecule is CC(=O)O[C@@H]1[C@H](O[C@@H]2[C@H](O[C@@H]3[C@@H](OP(O)O)O[C@H](COCc4ccccc4)[C@@H](OCc4ccccc4)[C@@H]3OCc3ccccc3)O[C@H](COCc3ccccc3)[C@@H](OCc3ccccc3)[C@@H]2OCc2ccccc2)O[C@H](COCc2ccccc2)[C@@H](OCc2ccccc2)[C@@H]1OCc1ccccc1.CCN(CC)CC. The Morgan fingerprint density at radius 3 is 0.764 bits per heavy atom. The van der Waals surface area contributed by atoms with Gasteiger partial charge in [-0.1, -0.05) is 294 Å². The van der Waals surface area contributed by atoms with Gasteiger partial charge in [-0.25, -0.2) is 0 Å². The summed E-state index contributed by atoms with van der Waals surface area (Å²) in [5, 5.41) is 0. The van der Waals surface area contributed by atoms with Gasteiger partial charge in [0, 0.05) is 6.92 Å². The van der Waals surface area contributed by atoms with Crippen molar-refractivity contribution in [1.29, 1.82) is 0 Å². The van der Waals surface area contributed by atoms with E-state index >= 15 is 0 Å². The number of esters is 1. The van der Waals surface area contributed by atoms with E-state index in [4.69, 9.17) is 75.6 Å². The molecule has 110 heavy (non-hydrogen) atoms. The van der Waals surface area contributed by atoms with Crippen molar-refractivity contribution in [3.63, 3.8) is 0 Å². The molecule has 20 nitrogen and oxygen atoms in total. The largest absolute Gasteiger partial charge is 0.454 e. The molecule has 0 saturated carbocycles. The molecule has 9 aromatic rings. The number of ether oxygens (including phenoxy) is 15. The van der Waals surface area contributed by atoms with Crippen molar-refractivity contribution in [2.45, 2.75) is 179 Å². The minimum atomic E-state index is -3.18. The monoisotopic (exact) mass is 1520 g/mol. The maximum Gasteiger partial charge on any atom is 0.329 e. The Balaban J connectivity index is 0.00000163. The smallest absolute Gasteiger partial charge is 0.329 e. The number of nitrogens with zero attached hydrogens (tertiary/aromatic N) is 1. The third kappa shape index (κ3) is 26.1. The van der Waals surface area contributed by atoms with Crippen molar-refractivity contribution in [2.24, 2.45) is 0 Å². The Bertz CT molecular complexity index is 3930. The molecule has 0 unspecified atom stereocenters. The van der Waals surface area contributed by atoms with Crippen LogP contribution in [0.2, 0.25) is 0 Å². The second kappa shape index (κ2) is 45.6. The van der Waals surface area contributed by atoms with Gasteiger partial charge in [-0.2, -0.15) is 0 Å². The first-order valence-corrected chi connectivity index (χ1v) is 39.0. The lowest BCUT2D eigenvalue weighted by Gasteiger charge is -2.51. The van der Waals surface area contributed by atoms with E-state index in [2.05, 4.69) is 25.7 Å². The number of hydrogen-bond acceptors (Lipinski definition) is 20. The summed E-state index contributed by atoms with van der Waals surface area (Å²) in [5.41, 5.74) is 7.72. The zero-order chi connectivity index (χ0) is 76.3. The molecule has 9 aromatic carbocycles. The summed E-state index contributed by atoms with van der Waals surface area (Å²) in [4.78, 5) is 38.7. The van der Waals surface area contributed by atoms with Crippen LogP contribution in [0, 0.1) is 0 Å². The second-order valence-electron chi connectivity index (χ2n) is 27.0. The highest BCUT2D eigenvalue weighted by Gasteiger charge is 2.58. The normalized spacial score (nSPS) is 24.0. The maximum absolute atomic E-state index is 14.0. The molecule has 12 rings (SSSR count). The van der Waals surface area contributed by atoms with E-state index in [-0.39, 0.29) is 79.3 Å². The van der Waals surface area contributed by atoms with E-state index in [1.54, 1.807) is 0 Å². The number of carbonyl (C=O) groups excluding carboxylic acids is 1. The van der Waals surface area contributed by atoms with Gasteiger partial charge in [0.2, 0.25) is 0 Å². The second-order valence-corrected chi connectivity index (χ2v) is 27.7. The number of benzene rings is 9. The van der Waals surface area contributed by atoms with Gasteiger partial charge < -0.3 is 85.7 Å². The van der Waals surface area contributed by atoms with E-state index in [1.807, 2.05) is 273 Å². The van der Waals surface area contributed by atoms with Gasteiger partial charge in [0.25, 0.3) is 0 Å².